The van der Waals surface area contributed by atoms with Gasteiger partial charge in [0, 0.05) is 37.0 Å². The quantitative estimate of drug-likeness (QED) is 0.907. The molecule has 0 spiro atoms. The first kappa shape index (κ1) is 15.0. The molecule has 0 aliphatic carbocycles. The summed E-state index contributed by atoms with van der Waals surface area (Å²) in [6.45, 7) is 6.12. The van der Waals surface area contributed by atoms with Crippen LogP contribution in [-0.4, -0.2) is 47.8 Å². The van der Waals surface area contributed by atoms with Crippen LogP contribution in [0.4, 0.5) is 0 Å². The molecule has 6 heteroatoms. The molecule has 1 aromatic heterocycles. The Morgan fingerprint density at radius 1 is 1.15 bits per heavy atom. The number of thiophene rings is 1. The number of carbonyl (C=O) groups is 2. The summed E-state index contributed by atoms with van der Waals surface area (Å²) in [6, 6.07) is 3.19. The minimum Gasteiger partial charge on any atom is -0.339 e. The standard InChI is InChI=1S/C14H21N3O2S/c1-10(2)13(18)16-5-7-17(8-6-16)14(19)12(15)11-4-3-9-20-11/h3-4,9-10,12H,5-8,15H2,1-2H3. The van der Waals surface area contributed by atoms with E-state index in [1.54, 1.807) is 4.90 Å². The Hall–Kier alpha value is -1.40. The molecule has 110 valence electrons. The Labute approximate surface area is 123 Å². The Bertz CT molecular complexity index is 465. The zero-order chi connectivity index (χ0) is 14.7. The molecule has 2 heterocycles. The van der Waals surface area contributed by atoms with E-state index in [9.17, 15) is 9.59 Å². The van der Waals surface area contributed by atoms with Crippen molar-refractivity contribution in [3.8, 4) is 0 Å². The fourth-order valence-corrected chi connectivity index (χ4v) is 3.02. The molecule has 1 fully saturated rings. The zero-order valence-electron chi connectivity index (χ0n) is 11.9. The molecular formula is C14H21N3O2S. The van der Waals surface area contributed by atoms with Crippen molar-refractivity contribution in [3.05, 3.63) is 22.4 Å². The summed E-state index contributed by atoms with van der Waals surface area (Å²) in [5, 5.41) is 1.92. The van der Waals surface area contributed by atoms with Crippen molar-refractivity contribution in [1.29, 1.82) is 0 Å². The van der Waals surface area contributed by atoms with E-state index in [0.717, 1.165) is 4.88 Å². The average Bonchev–Trinajstić information content (AvgIpc) is 2.99. The molecular weight excluding hydrogens is 274 g/mol. The van der Waals surface area contributed by atoms with E-state index in [1.807, 2.05) is 36.3 Å². The second kappa shape index (κ2) is 6.37. The van der Waals surface area contributed by atoms with Crippen LogP contribution in [0.15, 0.2) is 17.5 Å². The smallest absolute Gasteiger partial charge is 0.245 e. The SMILES string of the molecule is CC(C)C(=O)N1CCN(C(=O)C(N)c2cccs2)CC1. The van der Waals surface area contributed by atoms with E-state index in [1.165, 1.54) is 11.3 Å². The number of amides is 2. The average molecular weight is 295 g/mol. The number of rotatable bonds is 3. The molecule has 1 unspecified atom stereocenters. The first-order valence-electron chi connectivity index (χ1n) is 6.87. The van der Waals surface area contributed by atoms with Crippen LogP contribution in [0, 0.1) is 5.92 Å². The summed E-state index contributed by atoms with van der Waals surface area (Å²) >= 11 is 1.50. The molecule has 2 amide bonds. The van der Waals surface area contributed by atoms with E-state index in [-0.39, 0.29) is 17.7 Å². The van der Waals surface area contributed by atoms with Crippen molar-refractivity contribution in [3.63, 3.8) is 0 Å². The van der Waals surface area contributed by atoms with E-state index < -0.39 is 6.04 Å². The second-order valence-corrected chi connectivity index (χ2v) is 6.28. The molecule has 0 radical (unpaired) electrons. The molecule has 2 N–H and O–H groups in total. The molecule has 2 rings (SSSR count). The Morgan fingerprint density at radius 2 is 1.70 bits per heavy atom. The minimum absolute atomic E-state index is 0.00521. The van der Waals surface area contributed by atoms with Gasteiger partial charge in [-0.25, -0.2) is 0 Å². The van der Waals surface area contributed by atoms with Gasteiger partial charge in [0.15, 0.2) is 0 Å². The molecule has 5 nitrogen and oxygen atoms in total. The highest BCUT2D eigenvalue weighted by Crippen LogP contribution is 2.19. The summed E-state index contributed by atoms with van der Waals surface area (Å²) < 4.78 is 0. The maximum absolute atomic E-state index is 12.3. The number of nitrogens with two attached hydrogens (primary N) is 1. The van der Waals surface area contributed by atoms with E-state index in [4.69, 9.17) is 5.73 Å². The van der Waals surface area contributed by atoms with Gasteiger partial charge in [-0.15, -0.1) is 11.3 Å². The van der Waals surface area contributed by atoms with E-state index in [0.29, 0.717) is 26.2 Å². The lowest BCUT2D eigenvalue weighted by atomic mass is 10.1. The van der Waals surface area contributed by atoms with Gasteiger partial charge in [0.2, 0.25) is 11.8 Å². The number of nitrogens with zero attached hydrogens (tertiary/aromatic N) is 2. The van der Waals surface area contributed by atoms with Gasteiger partial charge in [-0.1, -0.05) is 19.9 Å². The van der Waals surface area contributed by atoms with Crippen LogP contribution in [0.1, 0.15) is 24.8 Å². The highest BCUT2D eigenvalue weighted by Gasteiger charge is 2.28. The molecule has 0 saturated carbocycles. The van der Waals surface area contributed by atoms with Gasteiger partial charge in [0.1, 0.15) is 6.04 Å². The van der Waals surface area contributed by atoms with Crippen molar-refractivity contribution in [2.45, 2.75) is 19.9 Å². The van der Waals surface area contributed by atoms with E-state index >= 15 is 0 Å². The third-order valence-electron chi connectivity index (χ3n) is 3.51. The normalized spacial score (nSPS) is 17.4. The first-order valence-corrected chi connectivity index (χ1v) is 7.75. The fourth-order valence-electron chi connectivity index (χ4n) is 2.30. The van der Waals surface area contributed by atoms with Crippen LogP contribution in [-0.2, 0) is 9.59 Å². The lowest BCUT2D eigenvalue weighted by Gasteiger charge is -2.36. The molecule has 20 heavy (non-hydrogen) atoms. The minimum atomic E-state index is -0.581. The second-order valence-electron chi connectivity index (χ2n) is 5.30. The topological polar surface area (TPSA) is 66.6 Å². The Kier molecular flexibility index (Phi) is 4.77. The molecule has 1 saturated heterocycles. The lowest BCUT2D eigenvalue weighted by Crippen LogP contribution is -2.53. The third kappa shape index (κ3) is 3.19. The number of carbonyl (C=O) groups excluding carboxylic acids is 2. The van der Waals surface area contributed by atoms with Crippen molar-refractivity contribution in [1.82, 2.24) is 9.80 Å². The van der Waals surface area contributed by atoms with Gasteiger partial charge in [-0.2, -0.15) is 0 Å². The Morgan fingerprint density at radius 3 is 2.15 bits per heavy atom. The summed E-state index contributed by atoms with van der Waals surface area (Å²) in [5.41, 5.74) is 6.00. The van der Waals surface area contributed by atoms with Gasteiger partial charge in [-0.05, 0) is 11.4 Å². The van der Waals surface area contributed by atoms with Crippen LogP contribution in [0.2, 0.25) is 0 Å². The summed E-state index contributed by atoms with van der Waals surface area (Å²) in [4.78, 5) is 28.7. The van der Waals surface area contributed by atoms with Gasteiger partial charge < -0.3 is 15.5 Å². The van der Waals surface area contributed by atoms with Crippen LogP contribution < -0.4 is 5.73 Å². The lowest BCUT2D eigenvalue weighted by molar-refractivity contribution is -0.142. The number of piperazine rings is 1. The molecule has 1 aromatic rings. The van der Waals surface area contributed by atoms with Crippen molar-refractivity contribution >= 4 is 23.2 Å². The van der Waals surface area contributed by atoms with Crippen molar-refractivity contribution < 1.29 is 9.59 Å². The molecule has 1 aliphatic rings. The highest BCUT2D eigenvalue weighted by atomic mass is 32.1. The van der Waals surface area contributed by atoms with Crippen LogP contribution >= 0.6 is 11.3 Å². The molecule has 0 aromatic carbocycles. The monoisotopic (exact) mass is 295 g/mol. The zero-order valence-corrected chi connectivity index (χ0v) is 12.7. The van der Waals surface area contributed by atoms with Crippen molar-refractivity contribution in [2.24, 2.45) is 11.7 Å². The van der Waals surface area contributed by atoms with Gasteiger partial charge in [-0.3, -0.25) is 9.59 Å². The summed E-state index contributed by atoms with van der Waals surface area (Å²) in [5.74, 6) is 0.106. The van der Waals surface area contributed by atoms with Gasteiger partial charge >= 0.3 is 0 Å². The first-order chi connectivity index (χ1) is 9.50. The number of hydrogen-bond donors (Lipinski definition) is 1. The van der Waals surface area contributed by atoms with E-state index in [2.05, 4.69) is 0 Å². The van der Waals surface area contributed by atoms with Crippen LogP contribution in [0.3, 0.4) is 0 Å². The highest BCUT2D eigenvalue weighted by molar-refractivity contribution is 7.10. The predicted octanol–water partition coefficient (Wildman–Crippen LogP) is 1.07. The van der Waals surface area contributed by atoms with Crippen LogP contribution in [0.25, 0.3) is 0 Å². The number of hydrogen-bond acceptors (Lipinski definition) is 4. The summed E-state index contributed by atoms with van der Waals surface area (Å²) in [6.07, 6.45) is 0. The molecule has 1 atom stereocenters. The van der Waals surface area contributed by atoms with Crippen LogP contribution in [0.5, 0.6) is 0 Å². The Balaban J connectivity index is 1.90. The summed E-state index contributed by atoms with van der Waals surface area (Å²) in [7, 11) is 0. The maximum Gasteiger partial charge on any atom is 0.245 e. The predicted molar refractivity (Wildman–Crippen MR) is 79.2 cm³/mol. The van der Waals surface area contributed by atoms with Gasteiger partial charge in [0.25, 0.3) is 0 Å². The third-order valence-corrected chi connectivity index (χ3v) is 4.47. The largest absolute Gasteiger partial charge is 0.339 e. The maximum atomic E-state index is 12.3. The van der Waals surface area contributed by atoms with Crippen molar-refractivity contribution in [2.75, 3.05) is 26.2 Å². The molecule has 0 bridgehead atoms. The molecule has 1 aliphatic heterocycles. The fraction of sp³-hybridized carbons (Fsp3) is 0.571. The van der Waals surface area contributed by atoms with Gasteiger partial charge in [0.05, 0.1) is 0 Å².